The molecule has 1 aromatic heterocycles. The summed E-state index contributed by atoms with van der Waals surface area (Å²) >= 11 is 0. The third-order valence-electron chi connectivity index (χ3n) is 5.40. The predicted molar refractivity (Wildman–Crippen MR) is 130 cm³/mol. The van der Waals surface area contributed by atoms with Gasteiger partial charge in [-0.15, -0.1) is 0 Å². The van der Waals surface area contributed by atoms with Gasteiger partial charge in [0.05, 0.1) is 25.2 Å². The summed E-state index contributed by atoms with van der Waals surface area (Å²) in [5, 5.41) is 2.85. The summed E-state index contributed by atoms with van der Waals surface area (Å²) < 4.78 is 41.7. The van der Waals surface area contributed by atoms with Crippen molar-refractivity contribution in [2.75, 3.05) is 14.2 Å². The van der Waals surface area contributed by atoms with Crippen LogP contribution in [0.15, 0.2) is 63.9 Å². The SMILES string of the molecule is COc1ccc(C(C)NC(=O)c2ccc(CS(=O)(=O)c3ccc(CC(C)C)cc3)o2)cc1OC. The highest BCUT2D eigenvalue weighted by Gasteiger charge is 2.21. The first-order valence-corrected chi connectivity index (χ1v) is 12.7. The van der Waals surface area contributed by atoms with Gasteiger partial charge in [-0.25, -0.2) is 8.42 Å². The molecular weight excluding hydrogens is 454 g/mol. The maximum absolute atomic E-state index is 12.8. The van der Waals surface area contributed by atoms with Gasteiger partial charge < -0.3 is 19.2 Å². The molecule has 0 aliphatic rings. The van der Waals surface area contributed by atoms with Gasteiger partial charge in [0, 0.05) is 0 Å². The lowest BCUT2D eigenvalue weighted by molar-refractivity contribution is 0.0910. The molecule has 0 aliphatic heterocycles. The van der Waals surface area contributed by atoms with Crippen LogP contribution in [-0.4, -0.2) is 28.5 Å². The molecule has 1 amide bonds. The Hall–Kier alpha value is -3.26. The van der Waals surface area contributed by atoms with Crippen LogP contribution in [0.5, 0.6) is 11.5 Å². The standard InChI is InChI=1S/C26H31NO6S/c1-17(2)14-19-6-10-22(11-7-19)34(29,30)16-21-9-13-24(33-21)26(28)27-18(3)20-8-12-23(31-4)25(15-20)32-5/h6-13,15,17-18H,14,16H2,1-5H3,(H,27,28). The Morgan fingerprint density at radius 3 is 2.24 bits per heavy atom. The summed E-state index contributed by atoms with van der Waals surface area (Å²) in [5.74, 6) is 1.13. The van der Waals surface area contributed by atoms with Crippen LogP contribution in [-0.2, 0) is 22.0 Å². The molecule has 3 aromatic rings. The average Bonchev–Trinajstić information content (AvgIpc) is 3.26. The number of carbonyl (C=O) groups is 1. The number of furan rings is 1. The molecule has 34 heavy (non-hydrogen) atoms. The number of hydrogen-bond donors (Lipinski definition) is 1. The molecule has 8 heteroatoms. The lowest BCUT2D eigenvalue weighted by Crippen LogP contribution is -2.26. The highest BCUT2D eigenvalue weighted by molar-refractivity contribution is 7.90. The Kier molecular flexibility index (Phi) is 8.04. The second kappa shape index (κ2) is 10.8. The van der Waals surface area contributed by atoms with Crippen molar-refractivity contribution in [3.8, 4) is 11.5 Å². The fourth-order valence-electron chi connectivity index (χ4n) is 3.63. The first kappa shape index (κ1) is 25.4. The van der Waals surface area contributed by atoms with Crippen LogP contribution in [0.4, 0.5) is 0 Å². The van der Waals surface area contributed by atoms with Crippen LogP contribution in [0.1, 0.15) is 54.3 Å². The van der Waals surface area contributed by atoms with Crippen molar-refractivity contribution in [2.24, 2.45) is 5.92 Å². The number of rotatable bonds is 10. The fourth-order valence-corrected chi connectivity index (χ4v) is 4.87. The summed E-state index contributed by atoms with van der Waals surface area (Å²) in [6.07, 6.45) is 0.888. The second-order valence-corrected chi connectivity index (χ2v) is 10.6. The Morgan fingerprint density at radius 2 is 1.62 bits per heavy atom. The summed E-state index contributed by atoms with van der Waals surface area (Å²) in [5.41, 5.74) is 1.91. The van der Waals surface area contributed by atoms with E-state index < -0.39 is 15.7 Å². The van der Waals surface area contributed by atoms with E-state index in [-0.39, 0.29) is 28.2 Å². The first-order valence-electron chi connectivity index (χ1n) is 11.1. The third kappa shape index (κ3) is 6.20. The third-order valence-corrected chi connectivity index (χ3v) is 7.05. The van der Waals surface area contributed by atoms with E-state index in [1.807, 2.05) is 25.1 Å². The minimum Gasteiger partial charge on any atom is -0.493 e. The van der Waals surface area contributed by atoms with Crippen molar-refractivity contribution in [1.29, 1.82) is 0 Å². The first-order chi connectivity index (χ1) is 16.1. The van der Waals surface area contributed by atoms with Gasteiger partial charge in [0.1, 0.15) is 11.5 Å². The molecule has 1 N–H and O–H groups in total. The van der Waals surface area contributed by atoms with Gasteiger partial charge in [-0.3, -0.25) is 4.79 Å². The number of benzene rings is 2. The molecule has 0 fully saturated rings. The van der Waals surface area contributed by atoms with Crippen molar-refractivity contribution < 1.29 is 27.1 Å². The smallest absolute Gasteiger partial charge is 0.287 e. The minimum absolute atomic E-state index is 0.0461. The van der Waals surface area contributed by atoms with E-state index in [0.717, 1.165) is 17.5 Å². The zero-order chi connectivity index (χ0) is 24.9. The lowest BCUT2D eigenvalue weighted by atomic mass is 10.0. The lowest BCUT2D eigenvalue weighted by Gasteiger charge is -2.16. The number of hydrogen-bond acceptors (Lipinski definition) is 6. The van der Waals surface area contributed by atoms with Gasteiger partial charge in [0.15, 0.2) is 27.1 Å². The Labute approximate surface area is 201 Å². The summed E-state index contributed by atoms with van der Waals surface area (Å²) in [6.45, 7) is 6.06. The molecule has 7 nitrogen and oxygen atoms in total. The number of methoxy groups -OCH3 is 2. The Morgan fingerprint density at radius 1 is 0.941 bits per heavy atom. The molecule has 1 atom stereocenters. The highest BCUT2D eigenvalue weighted by Crippen LogP contribution is 2.30. The predicted octanol–water partition coefficient (Wildman–Crippen LogP) is 4.96. The number of ether oxygens (including phenoxy) is 2. The van der Waals surface area contributed by atoms with E-state index in [9.17, 15) is 13.2 Å². The molecule has 1 unspecified atom stereocenters. The zero-order valence-corrected chi connectivity index (χ0v) is 20.9. The zero-order valence-electron chi connectivity index (χ0n) is 20.1. The number of nitrogens with one attached hydrogen (secondary N) is 1. The summed E-state index contributed by atoms with van der Waals surface area (Å²) in [4.78, 5) is 12.9. The van der Waals surface area contributed by atoms with Crippen molar-refractivity contribution in [1.82, 2.24) is 5.32 Å². The van der Waals surface area contributed by atoms with E-state index in [0.29, 0.717) is 17.4 Å². The molecule has 0 bridgehead atoms. The molecule has 3 rings (SSSR count). The van der Waals surface area contributed by atoms with Crippen molar-refractivity contribution in [3.05, 3.63) is 77.2 Å². The van der Waals surface area contributed by atoms with Crippen molar-refractivity contribution in [2.45, 2.75) is 43.9 Å². The topological polar surface area (TPSA) is 94.8 Å². The van der Waals surface area contributed by atoms with Gasteiger partial charge in [-0.05, 0) is 66.8 Å². The minimum atomic E-state index is -3.60. The van der Waals surface area contributed by atoms with E-state index >= 15 is 0 Å². The van der Waals surface area contributed by atoms with Gasteiger partial charge in [-0.1, -0.05) is 32.0 Å². The maximum Gasteiger partial charge on any atom is 0.287 e. The Balaban J connectivity index is 1.66. The monoisotopic (exact) mass is 485 g/mol. The van der Waals surface area contributed by atoms with E-state index in [4.69, 9.17) is 13.9 Å². The van der Waals surface area contributed by atoms with Gasteiger partial charge in [0.2, 0.25) is 0 Å². The van der Waals surface area contributed by atoms with Crippen LogP contribution < -0.4 is 14.8 Å². The average molecular weight is 486 g/mol. The van der Waals surface area contributed by atoms with Crippen LogP contribution in [0.3, 0.4) is 0 Å². The molecule has 0 saturated heterocycles. The van der Waals surface area contributed by atoms with Crippen LogP contribution in [0.25, 0.3) is 0 Å². The summed E-state index contributed by atoms with van der Waals surface area (Å²) in [6, 6.07) is 15.0. The van der Waals surface area contributed by atoms with Gasteiger partial charge in [0.25, 0.3) is 5.91 Å². The molecule has 2 aromatic carbocycles. The molecule has 0 spiro atoms. The second-order valence-electron chi connectivity index (χ2n) is 8.58. The van der Waals surface area contributed by atoms with E-state index in [1.165, 1.54) is 12.1 Å². The largest absolute Gasteiger partial charge is 0.493 e. The molecular formula is C26H31NO6S. The van der Waals surface area contributed by atoms with E-state index in [1.54, 1.807) is 38.5 Å². The van der Waals surface area contributed by atoms with E-state index in [2.05, 4.69) is 19.2 Å². The molecule has 182 valence electrons. The van der Waals surface area contributed by atoms with Crippen LogP contribution >= 0.6 is 0 Å². The number of carbonyl (C=O) groups excluding carboxylic acids is 1. The molecule has 0 saturated carbocycles. The van der Waals surface area contributed by atoms with Gasteiger partial charge in [-0.2, -0.15) is 0 Å². The highest BCUT2D eigenvalue weighted by atomic mass is 32.2. The van der Waals surface area contributed by atoms with Crippen molar-refractivity contribution in [3.63, 3.8) is 0 Å². The van der Waals surface area contributed by atoms with Crippen LogP contribution in [0, 0.1) is 5.92 Å². The molecule has 0 radical (unpaired) electrons. The summed E-state index contributed by atoms with van der Waals surface area (Å²) in [7, 11) is -0.503. The number of amides is 1. The maximum atomic E-state index is 12.8. The number of sulfone groups is 1. The van der Waals surface area contributed by atoms with Crippen LogP contribution in [0.2, 0.25) is 0 Å². The molecule has 0 aliphatic carbocycles. The Bertz CT molecular complexity index is 1230. The van der Waals surface area contributed by atoms with Gasteiger partial charge >= 0.3 is 0 Å². The quantitative estimate of drug-likeness (QED) is 0.436. The molecule has 1 heterocycles. The normalized spacial score (nSPS) is 12.4. The van der Waals surface area contributed by atoms with Crippen molar-refractivity contribution >= 4 is 15.7 Å². The fraction of sp³-hybridized carbons (Fsp3) is 0.346.